The molecule has 0 unspecified atom stereocenters. The summed E-state index contributed by atoms with van der Waals surface area (Å²) in [7, 11) is 0. The minimum Gasteiger partial charge on any atom is -0.352 e. The number of benzene rings is 2. The number of rotatable bonds is 10. The van der Waals surface area contributed by atoms with Crippen LogP contribution in [0, 0.1) is 5.82 Å². The van der Waals surface area contributed by atoms with Crippen molar-refractivity contribution in [3.8, 4) is 0 Å². The van der Waals surface area contributed by atoms with Crippen LogP contribution in [0.2, 0.25) is 5.02 Å². The van der Waals surface area contributed by atoms with E-state index in [1.165, 1.54) is 22.7 Å². The number of carbonyl (C=O) groups excluding carboxylic acids is 2. The van der Waals surface area contributed by atoms with Crippen LogP contribution in [0.5, 0.6) is 0 Å². The lowest BCUT2D eigenvalue weighted by atomic mass is 10.1. The van der Waals surface area contributed by atoms with Gasteiger partial charge in [-0.25, -0.2) is 4.39 Å². The van der Waals surface area contributed by atoms with Gasteiger partial charge < -0.3 is 10.2 Å². The Morgan fingerprint density at radius 2 is 1.80 bits per heavy atom. The fourth-order valence-corrected chi connectivity index (χ4v) is 3.76. The molecule has 0 saturated heterocycles. The molecule has 0 aromatic heterocycles. The van der Waals surface area contributed by atoms with Crippen LogP contribution in [0.3, 0.4) is 0 Å². The van der Waals surface area contributed by atoms with Gasteiger partial charge in [-0.05, 0) is 50.6 Å². The lowest BCUT2D eigenvalue weighted by Gasteiger charge is -2.30. The fourth-order valence-electron chi connectivity index (χ4n) is 2.79. The molecule has 162 valence electrons. The molecule has 2 atom stereocenters. The van der Waals surface area contributed by atoms with Gasteiger partial charge in [-0.3, -0.25) is 9.59 Å². The van der Waals surface area contributed by atoms with Crippen molar-refractivity contribution in [2.24, 2.45) is 0 Å². The molecular formula is C23H28ClFN2O2S. The van der Waals surface area contributed by atoms with Gasteiger partial charge in [0.25, 0.3) is 0 Å². The average molecular weight is 451 g/mol. The zero-order chi connectivity index (χ0) is 22.1. The van der Waals surface area contributed by atoms with E-state index in [1.54, 1.807) is 37.3 Å². The van der Waals surface area contributed by atoms with Crippen LogP contribution < -0.4 is 5.32 Å². The normalized spacial score (nSPS) is 12.8. The van der Waals surface area contributed by atoms with E-state index < -0.39 is 6.04 Å². The van der Waals surface area contributed by atoms with E-state index in [-0.39, 0.29) is 36.6 Å². The molecule has 0 aliphatic carbocycles. The summed E-state index contributed by atoms with van der Waals surface area (Å²) in [5.41, 5.74) is 0.388. The van der Waals surface area contributed by atoms with Crippen molar-refractivity contribution in [3.05, 3.63) is 64.9 Å². The first-order chi connectivity index (χ1) is 14.3. The van der Waals surface area contributed by atoms with Gasteiger partial charge in [-0.1, -0.05) is 36.7 Å². The van der Waals surface area contributed by atoms with E-state index in [0.29, 0.717) is 16.3 Å². The molecular weight excluding hydrogens is 423 g/mol. The largest absolute Gasteiger partial charge is 0.352 e. The summed E-state index contributed by atoms with van der Waals surface area (Å²) in [6, 6.07) is 13.0. The Labute approximate surface area is 187 Å². The number of halogens is 2. The van der Waals surface area contributed by atoms with Crippen LogP contribution in [0.25, 0.3) is 0 Å². The molecule has 30 heavy (non-hydrogen) atoms. The first-order valence-electron chi connectivity index (χ1n) is 10.0. The smallest absolute Gasteiger partial charge is 0.242 e. The topological polar surface area (TPSA) is 49.4 Å². The first-order valence-corrected chi connectivity index (χ1v) is 11.4. The zero-order valence-electron chi connectivity index (χ0n) is 17.5. The van der Waals surface area contributed by atoms with E-state index in [9.17, 15) is 14.0 Å². The van der Waals surface area contributed by atoms with Crippen molar-refractivity contribution < 1.29 is 14.0 Å². The second-order valence-electron chi connectivity index (χ2n) is 7.16. The van der Waals surface area contributed by atoms with Crippen LogP contribution in [-0.4, -0.2) is 34.6 Å². The molecule has 0 aliphatic heterocycles. The monoisotopic (exact) mass is 450 g/mol. The Kier molecular flexibility index (Phi) is 9.66. The maximum atomic E-state index is 14.2. The summed E-state index contributed by atoms with van der Waals surface area (Å²) in [5, 5.41) is 3.57. The molecule has 0 spiro atoms. The van der Waals surface area contributed by atoms with Crippen LogP contribution in [0.15, 0.2) is 53.4 Å². The van der Waals surface area contributed by atoms with Crippen LogP contribution in [0.4, 0.5) is 4.39 Å². The third kappa shape index (κ3) is 7.33. The Bertz CT molecular complexity index is 847. The van der Waals surface area contributed by atoms with Gasteiger partial charge in [0, 0.05) is 40.2 Å². The number of hydrogen-bond acceptors (Lipinski definition) is 3. The van der Waals surface area contributed by atoms with Crippen molar-refractivity contribution in [3.63, 3.8) is 0 Å². The molecule has 0 aliphatic rings. The van der Waals surface area contributed by atoms with Crippen LogP contribution in [0.1, 0.15) is 39.2 Å². The van der Waals surface area contributed by atoms with E-state index in [2.05, 4.69) is 5.32 Å². The number of nitrogens with zero attached hydrogens (tertiary/aromatic N) is 1. The summed E-state index contributed by atoms with van der Waals surface area (Å²) in [6.07, 6.45) is 1.03. The SMILES string of the molecule is CC[C@H](C)NC(=O)[C@@H](C)N(Cc1ccccc1F)C(=O)CCSc1ccc(Cl)cc1. The van der Waals surface area contributed by atoms with E-state index >= 15 is 0 Å². The molecule has 0 bridgehead atoms. The minimum absolute atomic E-state index is 0.00539. The number of hydrogen-bond donors (Lipinski definition) is 1. The first kappa shape index (κ1) is 24.2. The highest BCUT2D eigenvalue weighted by atomic mass is 35.5. The zero-order valence-corrected chi connectivity index (χ0v) is 19.1. The number of amides is 2. The Balaban J connectivity index is 2.08. The molecule has 2 aromatic carbocycles. The maximum absolute atomic E-state index is 14.2. The number of nitrogens with one attached hydrogen (secondary N) is 1. The molecule has 0 heterocycles. The summed E-state index contributed by atoms with van der Waals surface area (Å²) in [4.78, 5) is 28.1. The highest BCUT2D eigenvalue weighted by Gasteiger charge is 2.27. The second-order valence-corrected chi connectivity index (χ2v) is 8.76. The lowest BCUT2D eigenvalue weighted by molar-refractivity contribution is -0.140. The Hall–Kier alpha value is -2.05. The van der Waals surface area contributed by atoms with Gasteiger partial charge in [-0.2, -0.15) is 0 Å². The molecule has 2 rings (SSSR count). The number of thioether (sulfide) groups is 1. The second kappa shape index (κ2) is 12.0. The van der Waals surface area contributed by atoms with Crippen molar-refractivity contribution in [1.29, 1.82) is 0 Å². The van der Waals surface area contributed by atoms with Crippen molar-refractivity contribution in [2.45, 2.75) is 57.1 Å². The molecule has 4 nitrogen and oxygen atoms in total. The summed E-state index contributed by atoms with van der Waals surface area (Å²) in [5.74, 6) is -0.264. The lowest BCUT2D eigenvalue weighted by Crippen LogP contribution is -2.49. The standard InChI is InChI=1S/C23H28ClFN2O2S/c1-4-16(2)26-23(29)17(3)27(15-18-7-5-6-8-21(18)25)22(28)13-14-30-20-11-9-19(24)10-12-20/h5-12,16-17H,4,13-15H2,1-3H3,(H,26,29)/t16-,17+/m0/s1. The molecule has 2 aromatic rings. The van der Waals surface area contributed by atoms with Crippen LogP contribution in [-0.2, 0) is 16.1 Å². The van der Waals surface area contributed by atoms with Gasteiger partial charge in [0.2, 0.25) is 11.8 Å². The summed E-state index contributed by atoms with van der Waals surface area (Å²) < 4.78 is 14.2. The highest BCUT2D eigenvalue weighted by Crippen LogP contribution is 2.22. The molecule has 2 amide bonds. The van der Waals surface area contributed by atoms with Crippen LogP contribution >= 0.6 is 23.4 Å². The van der Waals surface area contributed by atoms with E-state index in [4.69, 9.17) is 11.6 Å². The van der Waals surface area contributed by atoms with Gasteiger partial charge in [-0.15, -0.1) is 11.8 Å². The predicted molar refractivity (Wildman–Crippen MR) is 121 cm³/mol. The number of carbonyl (C=O) groups is 2. The highest BCUT2D eigenvalue weighted by molar-refractivity contribution is 7.99. The van der Waals surface area contributed by atoms with E-state index in [1.807, 2.05) is 26.0 Å². The molecule has 0 saturated carbocycles. The average Bonchev–Trinajstić information content (AvgIpc) is 2.73. The van der Waals surface area contributed by atoms with Crippen molar-refractivity contribution in [1.82, 2.24) is 10.2 Å². The Morgan fingerprint density at radius 1 is 1.13 bits per heavy atom. The third-order valence-electron chi connectivity index (χ3n) is 4.87. The maximum Gasteiger partial charge on any atom is 0.242 e. The Morgan fingerprint density at radius 3 is 2.43 bits per heavy atom. The van der Waals surface area contributed by atoms with Gasteiger partial charge in [0.15, 0.2) is 0 Å². The third-order valence-corrected chi connectivity index (χ3v) is 6.13. The molecule has 0 radical (unpaired) electrons. The summed E-state index contributed by atoms with van der Waals surface area (Å²) >= 11 is 7.44. The predicted octanol–water partition coefficient (Wildman–Crippen LogP) is 5.29. The van der Waals surface area contributed by atoms with Gasteiger partial charge in [0.05, 0.1) is 0 Å². The van der Waals surface area contributed by atoms with Gasteiger partial charge in [0.1, 0.15) is 11.9 Å². The van der Waals surface area contributed by atoms with Crippen molar-refractivity contribution in [2.75, 3.05) is 5.75 Å². The molecule has 1 N–H and O–H groups in total. The molecule has 0 fully saturated rings. The minimum atomic E-state index is -0.702. The molecule has 7 heteroatoms. The fraction of sp³-hybridized carbons (Fsp3) is 0.391. The quantitative estimate of drug-likeness (QED) is 0.500. The van der Waals surface area contributed by atoms with E-state index in [0.717, 1.165) is 11.3 Å². The summed E-state index contributed by atoms with van der Waals surface area (Å²) in [6.45, 7) is 5.62. The van der Waals surface area contributed by atoms with Crippen molar-refractivity contribution >= 4 is 35.2 Å². The van der Waals surface area contributed by atoms with Gasteiger partial charge >= 0.3 is 0 Å².